The Balaban J connectivity index is 2.63. The van der Waals surface area contributed by atoms with Gasteiger partial charge in [0.05, 0.1) is 12.5 Å². The summed E-state index contributed by atoms with van der Waals surface area (Å²) in [6.45, 7) is -0.115. The first-order valence-corrected chi connectivity index (χ1v) is 5.44. The quantitative estimate of drug-likeness (QED) is 0.503. The molecule has 0 saturated heterocycles. The summed E-state index contributed by atoms with van der Waals surface area (Å²) in [5, 5.41) is 19.7. The molecule has 0 aliphatic heterocycles. The van der Waals surface area contributed by atoms with Crippen LogP contribution >= 0.6 is 0 Å². The summed E-state index contributed by atoms with van der Waals surface area (Å²) in [6.07, 6.45) is 0.199. The van der Waals surface area contributed by atoms with E-state index in [1.807, 2.05) is 6.07 Å². The Morgan fingerprint density at radius 1 is 1.47 bits per heavy atom. The molecule has 7 heteroatoms. The first-order chi connectivity index (χ1) is 9.06. The van der Waals surface area contributed by atoms with Crippen LogP contribution in [0.5, 0.6) is 5.75 Å². The molecular formula is C12H13N3O4. The Morgan fingerprint density at radius 2 is 2.21 bits per heavy atom. The number of carboxylic acids is 1. The molecule has 0 atom stereocenters. The maximum absolute atomic E-state index is 11.3. The van der Waals surface area contributed by atoms with Crippen LogP contribution in [0.25, 0.3) is 0 Å². The number of aromatic carboxylic acids is 1. The monoisotopic (exact) mass is 263 g/mol. The molecule has 1 amide bonds. The van der Waals surface area contributed by atoms with Crippen LogP contribution in [0.2, 0.25) is 0 Å². The van der Waals surface area contributed by atoms with E-state index >= 15 is 0 Å². The summed E-state index contributed by atoms with van der Waals surface area (Å²) < 4.78 is 5.12. The molecule has 0 unspecified atom stereocenters. The summed E-state index contributed by atoms with van der Waals surface area (Å²) in [5.74, 6) is -1.63. The van der Waals surface area contributed by atoms with Gasteiger partial charge >= 0.3 is 5.97 Å². The zero-order valence-electron chi connectivity index (χ0n) is 10.0. The zero-order valence-corrected chi connectivity index (χ0v) is 10.0. The van der Waals surface area contributed by atoms with Gasteiger partial charge in [0.15, 0.2) is 6.61 Å². The lowest BCUT2D eigenvalue weighted by Gasteiger charge is -2.10. The molecule has 0 aliphatic carbocycles. The van der Waals surface area contributed by atoms with Gasteiger partial charge in [-0.25, -0.2) is 4.79 Å². The molecular weight excluding hydrogens is 250 g/mol. The second kappa shape index (κ2) is 6.86. The smallest absolute Gasteiger partial charge is 0.341 e. The fraction of sp³-hybridized carbons (Fsp3) is 0.250. The number of carbonyl (C=O) groups excluding carboxylic acids is 1. The topological polar surface area (TPSA) is 125 Å². The number of ether oxygens (including phenoxy) is 1. The molecule has 1 aromatic carbocycles. The molecule has 0 saturated carbocycles. The third-order valence-electron chi connectivity index (χ3n) is 2.19. The minimum absolute atomic E-state index is 0.0305. The number of nitriles is 1. The Labute approximate surface area is 109 Å². The normalized spacial score (nSPS) is 9.42. The molecule has 1 rings (SSSR count). The van der Waals surface area contributed by atoms with Gasteiger partial charge in [-0.1, -0.05) is 6.07 Å². The lowest BCUT2D eigenvalue weighted by atomic mass is 10.1. The highest BCUT2D eigenvalue weighted by Gasteiger charge is 2.15. The molecule has 0 heterocycles. The average molecular weight is 263 g/mol. The van der Waals surface area contributed by atoms with E-state index in [1.165, 1.54) is 18.2 Å². The predicted octanol–water partition coefficient (Wildman–Crippen LogP) is 0.376. The third kappa shape index (κ3) is 4.20. The van der Waals surface area contributed by atoms with Crippen LogP contribution in [-0.2, 0) is 4.79 Å². The number of carbonyl (C=O) groups is 2. The van der Waals surface area contributed by atoms with Gasteiger partial charge in [-0.05, 0) is 12.1 Å². The van der Waals surface area contributed by atoms with Crippen LogP contribution in [-0.4, -0.2) is 30.1 Å². The number of rotatable bonds is 6. The van der Waals surface area contributed by atoms with E-state index in [0.29, 0.717) is 0 Å². The molecule has 0 aliphatic rings. The highest BCUT2D eigenvalue weighted by atomic mass is 16.5. The van der Waals surface area contributed by atoms with Crippen molar-refractivity contribution in [2.24, 2.45) is 0 Å². The fourth-order valence-corrected chi connectivity index (χ4v) is 1.35. The zero-order chi connectivity index (χ0) is 14.3. The van der Waals surface area contributed by atoms with Gasteiger partial charge in [-0.2, -0.15) is 5.26 Å². The van der Waals surface area contributed by atoms with E-state index in [1.54, 1.807) is 0 Å². The predicted molar refractivity (Wildman–Crippen MR) is 66.5 cm³/mol. The Hall–Kier alpha value is -2.75. The van der Waals surface area contributed by atoms with E-state index in [9.17, 15) is 9.59 Å². The SMILES string of the molecule is N#CCCNC(=O)COc1cccc(N)c1C(=O)O. The number of nitrogens with two attached hydrogens (primary N) is 1. The Morgan fingerprint density at radius 3 is 2.84 bits per heavy atom. The van der Waals surface area contributed by atoms with Crippen molar-refractivity contribution in [3.8, 4) is 11.8 Å². The van der Waals surface area contributed by atoms with Crippen LogP contribution in [0.4, 0.5) is 5.69 Å². The molecule has 100 valence electrons. The van der Waals surface area contributed by atoms with Crippen molar-refractivity contribution in [1.82, 2.24) is 5.32 Å². The molecule has 19 heavy (non-hydrogen) atoms. The fourth-order valence-electron chi connectivity index (χ4n) is 1.35. The molecule has 0 spiro atoms. The maximum Gasteiger partial charge on any atom is 0.341 e. The Bertz CT molecular complexity index is 522. The van der Waals surface area contributed by atoms with Crippen LogP contribution < -0.4 is 15.8 Å². The number of carboxylic acid groups (broad SMARTS) is 1. The van der Waals surface area contributed by atoms with E-state index in [-0.39, 0.29) is 36.6 Å². The summed E-state index contributed by atoms with van der Waals surface area (Å²) in [4.78, 5) is 22.3. The van der Waals surface area contributed by atoms with Gasteiger partial charge in [-0.15, -0.1) is 0 Å². The van der Waals surface area contributed by atoms with E-state index in [0.717, 1.165) is 0 Å². The van der Waals surface area contributed by atoms with Crippen molar-refractivity contribution >= 4 is 17.6 Å². The van der Waals surface area contributed by atoms with Crippen LogP contribution in [0.15, 0.2) is 18.2 Å². The summed E-state index contributed by atoms with van der Waals surface area (Å²) >= 11 is 0. The highest BCUT2D eigenvalue weighted by molar-refractivity contribution is 5.96. The number of hydrogen-bond donors (Lipinski definition) is 3. The van der Waals surface area contributed by atoms with Crippen molar-refractivity contribution in [3.63, 3.8) is 0 Å². The van der Waals surface area contributed by atoms with E-state index < -0.39 is 11.9 Å². The van der Waals surface area contributed by atoms with Crippen molar-refractivity contribution in [2.75, 3.05) is 18.9 Å². The second-order valence-electron chi connectivity index (χ2n) is 3.57. The first kappa shape index (κ1) is 14.3. The van der Waals surface area contributed by atoms with Crippen molar-refractivity contribution < 1.29 is 19.4 Å². The summed E-state index contributed by atoms with van der Waals surface area (Å²) in [6, 6.07) is 6.26. The molecule has 4 N–H and O–H groups in total. The number of amides is 1. The van der Waals surface area contributed by atoms with Crippen molar-refractivity contribution in [3.05, 3.63) is 23.8 Å². The molecule has 0 aromatic heterocycles. The number of nitrogens with zero attached hydrogens (tertiary/aromatic N) is 1. The summed E-state index contributed by atoms with van der Waals surface area (Å²) in [7, 11) is 0. The van der Waals surface area contributed by atoms with Gasteiger partial charge in [0.1, 0.15) is 11.3 Å². The lowest BCUT2D eigenvalue weighted by molar-refractivity contribution is -0.123. The van der Waals surface area contributed by atoms with Crippen molar-refractivity contribution in [2.45, 2.75) is 6.42 Å². The molecule has 1 aromatic rings. The maximum atomic E-state index is 11.3. The number of hydrogen-bond acceptors (Lipinski definition) is 5. The number of nitrogens with one attached hydrogen (secondary N) is 1. The molecule has 7 nitrogen and oxygen atoms in total. The number of benzene rings is 1. The largest absolute Gasteiger partial charge is 0.483 e. The average Bonchev–Trinajstić information content (AvgIpc) is 2.36. The van der Waals surface area contributed by atoms with Crippen LogP contribution in [0, 0.1) is 11.3 Å². The molecule has 0 bridgehead atoms. The van der Waals surface area contributed by atoms with Crippen molar-refractivity contribution in [1.29, 1.82) is 5.26 Å². The summed E-state index contributed by atoms with van der Waals surface area (Å²) in [5.41, 5.74) is 5.42. The number of anilines is 1. The second-order valence-corrected chi connectivity index (χ2v) is 3.57. The minimum Gasteiger partial charge on any atom is -0.483 e. The van der Waals surface area contributed by atoms with E-state index in [4.69, 9.17) is 20.8 Å². The standard InChI is InChI=1S/C12H13N3O4/c13-5-2-6-15-10(16)7-19-9-4-1-3-8(14)11(9)12(17)18/h1,3-4H,2,6-7,14H2,(H,15,16)(H,17,18). The lowest BCUT2D eigenvalue weighted by Crippen LogP contribution is -2.29. The minimum atomic E-state index is -1.22. The molecule has 0 radical (unpaired) electrons. The van der Waals surface area contributed by atoms with E-state index in [2.05, 4.69) is 5.32 Å². The molecule has 0 fully saturated rings. The third-order valence-corrected chi connectivity index (χ3v) is 2.19. The highest BCUT2D eigenvalue weighted by Crippen LogP contribution is 2.24. The van der Waals surface area contributed by atoms with Gasteiger partial charge < -0.3 is 20.9 Å². The van der Waals surface area contributed by atoms with Gasteiger partial charge in [0, 0.05) is 12.2 Å². The number of nitrogen functional groups attached to an aromatic ring is 1. The van der Waals surface area contributed by atoms with Crippen LogP contribution in [0.3, 0.4) is 0 Å². The van der Waals surface area contributed by atoms with Gasteiger partial charge in [0.25, 0.3) is 5.91 Å². The Kier molecular flexibility index (Phi) is 5.17. The van der Waals surface area contributed by atoms with Gasteiger partial charge in [0.2, 0.25) is 0 Å². The van der Waals surface area contributed by atoms with Crippen LogP contribution in [0.1, 0.15) is 16.8 Å². The van der Waals surface area contributed by atoms with Gasteiger partial charge in [-0.3, -0.25) is 4.79 Å². The first-order valence-electron chi connectivity index (χ1n) is 5.44.